The zero-order chi connectivity index (χ0) is 21.6. The van der Waals surface area contributed by atoms with E-state index >= 15 is 0 Å². The van der Waals surface area contributed by atoms with Crippen molar-refractivity contribution in [3.63, 3.8) is 0 Å². The van der Waals surface area contributed by atoms with E-state index in [1.165, 1.54) is 3.57 Å². The summed E-state index contributed by atoms with van der Waals surface area (Å²) in [6.07, 6.45) is 3.45. The smallest absolute Gasteiger partial charge is 0.225 e. The van der Waals surface area contributed by atoms with Crippen molar-refractivity contribution in [1.29, 1.82) is 0 Å². The van der Waals surface area contributed by atoms with Gasteiger partial charge in [0.2, 0.25) is 5.91 Å². The van der Waals surface area contributed by atoms with Crippen LogP contribution in [0.15, 0.2) is 60.9 Å². The summed E-state index contributed by atoms with van der Waals surface area (Å²) in [6.45, 7) is 2.11. The van der Waals surface area contributed by atoms with Gasteiger partial charge in [-0.25, -0.2) is 9.97 Å². The number of anilines is 1. The highest BCUT2D eigenvalue weighted by Crippen LogP contribution is 2.26. The van der Waals surface area contributed by atoms with Crippen LogP contribution in [0.1, 0.15) is 18.4 Å². The molecule has 1 unspecified atom stereocenters. The van der Waals surface area contributed by atoms with Crippen LogP contribution in [-0.2, 0) is 11.3 Å². The molecule has 0 bridgehead atoms. The molecule has 2 heterocycles. The number of hydrogen-bond donors (Lipinski definition) is 1. The predicted molar refractivity (Wildman–Crippen MR) is 130 cm³/mol. The van der Waals surface area contributed by atoms with Gasteiger partial charge in [0.25, 0.3) is 0 Å². The zero-order valence-corrected chi connectivity index (χ0v) is 19.6. The van der Waals surface area contributed by atoms with E-state index < -0.39 is 0 Å². The van der Waals surface area contributed by atoms with E-state index in [2.05, 4.69) is 67.0 Å². The van der Waals surface area contributed by atoms with Gasteiger partial charge in [0.05, 0.1) is 18.7 Å². The summed E-state index contributed by atoms with van der Waals surface area (Å²) in [5.41, 5.74) is 2.98. The van der Waals surface area contributed by atoms with E-state index in [9.17, 15) is 4.79 Å². The Morgan fingerprint density at radius 1 is 1.16 bits per heavy atom. The number of rotatable bonds is 6. The number of piperidine rings is 1. The number of amides is 1. The van der Waals surface area contributed by atoms with Crippen LogP contribution >= 0.6 is 22.6 Å². The largest absolute Gasteiger partial charge is 0.497 e. The first-order valence-corrected chi connectivity index (χ1v) is 11.4. The standard InChI is InChI=1S/C24H25IN4O2/c1-31-21-10-6-18(7-11-21)22-13-23(28-16-27-22)29-12-2-3-19(15-29)24(30)26-14-17-4-8-20(25)9-5-17/h4-11,13,16,19H,2-3,12,14-15H2,1H3,(H,26,30). The summed E-state index contributed by atoms with van der Waals surface area (Å²) in [5.74, 6) is 1.73. The number of nitrogens with one attached hydrogen (secondary N) is 1. The van der Waals surface area contributed by atoms with Crippen LogP contribution in [0.3, 0.4) is 0 Å². The minimum Gasteiger partial charge on any atom is -0.497 e. The zero-order valence-electron chi connectivity index (χ0n) is 17.4. The van der Waals surface area contributed by atoms with Crippen molar-refractivity contribution in [2.75, 3.05) is 25.1 Å². The van der Waals surface area contributed by atoms with Crippen LogP contribution in [0.2, 0.25) is 0 Å². The Balaban J connectivity index is 1.40. The monoisotopic (exact) mass is 528 g/mol. The van der Waals surface area contributed by atoms with Gasteiger partial charge in [-0.2, -0.15) is 0 Å². The Bertz CT molecular complexity index is 1020. The van der Waals surface area contributed by atoms with Crippen molar-refractivity contribution in [2.45, 2.75) is 19.4 Å². The van der Waals surface area contributed by atoms with E-state index in [0.29, 0.717) is 13.1 Å². The molecule has 3 aromatic rings. The fourth-order valence-electron chi connectivity index (χ4n) is 3.77. The third-order valence-corrected chi connectivity index (χ3v) is 6.25. The topological polar surface area (TPSA) is 67.3 Å². The van der Waals surface area contributed by atoms with Gasteiger partial charge in [0, 0.05) is 34.8 Å². The summed E-state index contributed by atoms with van der Waals surface area (Å²) >= 11 is 2.28. The molecule has 1 atom stereocenters. The van der Waals surface area contributed by atoms with Gasteiger partial charge in [0.1, 0.15) is 17.9 Å². The Kier molecular flexibility index (Phi) is 7.01. The van der Waals surface area contributed by atoms with Crippen LogP contribution < -0.4 is 15.0 Å². The van der Waals surface area contributed by atoms with Gasteiger partial charge in [0.15, 0.2) is 0 Å². The van der Waals surface area contributed by atoms with Gasteiger partial charge in [-0.1, -0.05) is 12.1 Å². The average Bonchev–Trinajstić information content (AvgIpc) is 2.84. The van der Waals surface area contributed by atoms with Crippen molar-refractivity contribution in [1.82, 2.24) is 15.3 Å². The summed E-state index contributed by atoms with van der Waals surface area (Å²) in [6, 6.07) is 18.0. The molecule has 160 valence electrons. The summed E-state index contributed by atoms with van der Waals surface area (Å²) in [4.78, 5) is 23.9. The minimum atomic E-state index is -0.0444. The van der Waals surface area contributed by atoms with Crippen molar-refractivity contribution in [3.8, 4) is 17.0 Å². The molecule has 4 rings (SSSR count). The lowest BCUT2D eigenvalue weighted by Gasteiger charge is -2.33. The van der Waals surface area contributed by atoms with Crippen LogP contribution in [0.4, 0.5) is 5.82 Å². The number of carbonyl (C=O) groups excluding carboxylic acids is 1. The third-order valence-electron chi connectivity index (χ3n) is 5.53. The normalized spacial score (nSPS) is 16.1. The van der Waals surface area contributed by atoms with Gasteiger partial charge in [-0.05, 0) is 77.4 Å². The maximum atomic E-state index is 12.8. The number of aromatic nitrogens is 2. The van der Waals surface area contributed by atoms with Crippen LogP contribution in [0, 0.1) is 9.49 Å². The SMILES string of the molecule is COc1ccc(-c2cc(N3CCCC(C(=O)NCc4ccc(I)cc4)C3)ncn2)cc1. The fraction of sp³-hybridized carbons (Fsp3) is 0.292. The maximum absolute atomic E-state index is 12.8. The molecule has 0 aliphatic carbocycles. The van der Waals surface area contributed by atoms with Crippen LogP contribution in [-0.4, -0.2) is 36.1 Å². The fourth-order valence-corrected chi connectivity index (χ4v) is 4.13. The Morgan fingerprint density at radius 3 is 2.68 bits per heavy atom. The molecule has 0 saturated carbocycles. The lowest BCUT2D eigenvalue weighted by Crippen LogP contribution is -2.43. The third kappa shape index (κ3) is 5.52. The number of halogens is 1. The van der Waals surface area contributed by atoms with Crippen molar-refractivity contribution in [3.05, 3.63) is 70.1 Å². The lowest BCUT2D eigenvalue weighted by molar-refractivity contribution is -0.125. The molecule has 1 saturated heterocycles. The van der Waals surface area contributed by atoms with Crippen molar-refractivity contribution >= 4 is 34.3 Å². The molecule has 6 nitrogen and oxygen atoms in total. The first kappa shape index (κ1) is 21.5. The Hall–Kier alpha value is -2.68. The van der Waals surface area contributed by atoms with E-state index in [-0.39, 0.29) is 11.8 Å². The number of hydrogen-bond acceptors (Lipinski definition) is 5. The summed E-state index contributed by atoms with van der Waals surface area (Å²) in [7, 11) is 1.65. The van der Waals surface area contributed by atoms with Gasteiger partial charge < -0.3 is 15.0 Å². The van der Waals surface area contributed by atoms with E-state index in [1.54, 1.807) is 13.4 Å². The molecule has 1 fully saturated rings. The number of ether oxygens (including phenoxy) is 1. The van der Waals surface area contributed by atoms with Crippen molar-refractivity contribution in [2.24, 2.45) is 5.92 Å². The molecular weight excluding hydrogens is 503 g/mol. The van der Waals surface area contributed by atoms with E-state index in [4.69, 9.17) is 4.74 Å². The molecule has 31 heavy (non-hydrogen) atoms. The number of benzene rings is 2. The first-order valence-electron chi connectivity index (χ1n) is 10.4. The van der Waals surface area contributed by atoms with Gasteiger partial charge in [-0.15, -0.1) is 0 Å². The molecule has 1 aliphatic heterocycles. The van der Waals surface area contributed by atoms with Gasteiger partial charge >= 0.3 is 0 Å². The molecule has 0 radical (unpaired) electrons. The molecule has 2 aromatic carbocycles. The average molecular weight is 528 g/mol. The molecular formula is C24H25IN4O2. The first-order chi connectivity index (χ1) is 15.1. The second kappa shape index (κ2) is 10.1. The molecule has 1 amide bonds. The predicted octanol–water partition coefficient (Wildman–Crippen LogP) is 4.29. The Labute approximate surface area is 196 Å². The van der Waals surface area contributed by atoms with Crippen molar-refractivity contribution < 1.29 is 9.53 Å². The Morgan fingerprint density at radius 2 is 1.94 bits per heavy atom. The number of methoxy groups -OCH3 is 1. The second-order valence-corrected chi connectivity index (χ2v) is 8.87. The number of carbonyl (C=O) groups is 1. The quantitative estimate of drug-likeness (QED) is 0.484. The van der Waals surface area contributed by atoms with Gasteiger partial charge in [-0.3, -0.25) is 4.79 Å². The summed E-state index contributed by atoms with van der Waals surface area (Å²) < 4.78 is 6.42. The highest BCUT2D eigenvalue weighted by molar-refractivity contribution is 14.1. The summed E-state index contributed by atoms with van der Waals surface area (Å²) in [5, 5.41) is 3.10. The minimum absolute atomic E-state index is 0.0444. The molecule has 1 N–H and O–H groups in total. The highest BCUT2D eigenvalue weighted by Gasteiger charge is 2.26. The molecule has 7 heteroatoms. The maximum Gasteiger partial charge on any atom is 0.225 e. The van der Waals surface area contributed by atoms with E-state index in [1.807, 2.05) is 30.3 Å². The second-order valence-electron chi connectivity index (χ2n) is 7.62. The lowest BCUT2D eigenvalue weighted by atomic mass is 9.97. The van der Waals surface area contributed by atoms with E-state index in [0.717, 1.165) is 47.8 Å². The molecule has 1 aromatic heterocycles. The van der Waals surface area contributed by atoms with Crippen LogP contribution in [0.5, 0.6) is 5.75 Å². The molecule has 0 spiro atoms. The molecule has 1 aliphatic rings. The van der Waals surface area contributed by atoms with Crippen LogP contribution in [0.25, 0.3) is 11.3 Å². The number of nitrogens with zero attached hydrogens (tertiary/aromatic N) is 3. The highest BCUT2D eigenvalue weighted by atomic mass is 127.